The number of aryl methyl sites for hydroxylation is 1. The predicted molar refractivity (Wildman–Crippen MR) is 53.5 cm³/mol. The molecule has 2 rings (SSSR count). The Balaban J connectivity index is 2.76. The van der Waals surface area contributed by atoms with Crippen LogP contribution in [0.2, 0.25) is 0 Å². The van der Waals surface area contributed by atoms with Gasteiger partial charge in [0.05, 0.1) is 15.9 Å². The van der Waals surface area contributed by atoms with Crippen LogP contribution in [-0.2, 0) is 7.05 Å². The SMILES string of the molecule is Cn1c(C(=N)N)cc2sc(O)cc21. The fourth-order valence-corrected chi connectivity index (χ4v) is 2.22. The van der Waals surface area contributed by atoms with Crippen LogP contribution in [0.15, 0.2) is 12.1 Å². The van der Waals surface area contributed by atoms with Gasteiger partial charge in [0.1, 0.15) is 5.84 Å². The molecule has 0 bridgehead atoms. The molecular weight excluding hydrogens is 186 g/mol. The van der Waals surface area contributed by atoms with Gasteiger partial charge in [0.25, 0.3) is 0 Å². The second-order valence-corrected chi connectivity index (χ2v) is 3.90. The third-order valence-electron chi connectivity index (χ3n) is 1.99. The van der Waals surface area contributed by atoms with Gasteiger partial charge in [-0.25, -0.2) is 0 Å². The van der Waals surface area contributed by atoms with Crippen LogP contribution in [0, 0.1) is 5.41 Å². The van der Waals surface area contributed by atoms with E-state index in [1.807, 2.05) is 13.1 Å². The molecule has 0 amide bonds. The summed E-state index contributed by atoms with van der Waals surface area (Å²) < 4.78 is 2.75. The van der Waals surface area contributed by atoms with Crippen LogP contribution in [0.5, 0.6) is 5.06 Å². The second-order valence-electron chi connectivity index (χ2n) is 2.84. The molecule has 2 aromatic rings. The quantitative estimate of drug-likeness (QED) is 0.473. The number of amidine groups is 1. The highest BCUT2D eigenvalue weighted by atomic mass is 32.1. The van der Waals surface area contributed by atoms with E-state index >= 15 is 0 Å². The Morgan fingerprint density at radius 1 is 1.62 bits per heavy atom. The van der Waals surface area contributed by atoms with E-state index in [1.54, 1.807) is 10.6 Å². The Morgan fingerprint density at radius 3 is 2.85 bits per heavy atom. The van der Waals surface area contributed by atoms with Gasteiger partial charge in [0.2, 0.25) is 0 Å². The van der Waals surface area contributed by atoms with Crippen LogP contribution >= 0.6 is 11.3 Å². The molecule has 0 saturated heterocycles. The van der Waals surface area contributed by atoms with Gasteiger partial charge in [0.15, 0.2) is 5.06 Å². The molecule has 13 heavy (non-hydrogen) atoms. The van der Waals surface area contributed by atoms with Gasteiger partial charge in [-0.2, -0.15) is 0 Å². The minimum Gasteiger partial charge on any atom is -0.499 e. The number of thiophene rings is 1. The Bertz CT molecular complexity index is 483. The van der Waals surface area contributed by atoms with Crippen molar-refractivity contribution in [2.45, 2.75) is 0 Å². The van der Waals surface area contributed by atoms with E-state index in [0.29, 0.717) is 5.69 Å². The van der Waals surface area contributed by atoms with Crippen LogP contribution in [0.4, 0.5) is 0 Å². The molecular formula is C8H9N3OS. The number of hydrogen-bond donors (Lipinski definition) is 3. The monoisotopic (exact) mass is 195 g/mol. The fourth-order valence-electron chi connectivity index (χ4n) is 1.36. The van der Waals surface area contributed by atoms with Crippen molar-refractivity contribution < 1.29 is 5.11 Å². The van der Waals surface area contributed by atoms with Gasteiger partial charge in [-0.15, -0.1) is 0 Å². The lowest BCUT2D eigenvalue weighted by molar-refractivity contribution is 0.491. The molecule has 0 radical (unpaired) electrons. The number of aromatic nitrogens is 1. The fraction of sp³-hybridized carbons (Fsp3) is 0.125. The highest BCUT2D eigenvalue weighted by molar-refractivity contribution is 7.20. The Morgan fingerprint density at radius 2 is 2.31 bits per heavy atom. The number of aromatic hydroxyl groups is 1. The molecule has 0 atom stereocenters. The van der Waals surface area contributed by atoms with E-state index in [2.05, 4.69) is 0 Å². The molecule has 0 aliphatic carbocycles. The lowest BCUT2D eigenvalue weighted by Gasteiger charge is -1.99. The van der Waals surface area contributed by atoms with Crippen molar-refractivity contribution in [2.75, 3.05) is 0 Å². The summed E-state index contributed by atoms with van der Waals surface area (Å²) in [5, 5.41) is 16.8. The highest BCUT2D eigenvalue weighted by Crippen LogP contribution is 2.32. The average Bonchev–Trinajstić information content (AvgIpc) is 2.51. The van der Waals surface area contributed by atoms with Gasteiger partial charge in [-0.3, -0.25) is 5.41 Å². The van der Waals surface area contributed by atoms with Crippen LogP contribution < -0.4 is 5.73 Å². The molecule has 0 aliphatic heterocycles. The third kappa shape index (κ3) is 1.08. The number of rotatable bonds is 1. The van der Waals surface area contributed by atoms with Gasteiger partial charge in [-0.05, 0) is 6.07 Å². The summed E-state index contributed by atoms with van der Waals surface area (Å²) in [5.41, 5.74) is 6.97. The second kappa shape index (κ2) is 2.50. The molecule has 68 valence electrons. The molecule has 0 fully saturated rings. The van der Waals surface area contributed by atoms with Gasteiger partial charge < -0.3 is 15.4 Å². The number of nitrogens with two attached hydrogens (primary N) is 1. The summed E-state index contributed by atoms with van der Waals surface area (Å²) >= 11 is 1.29. The zero-order valence-electron chi connectivity index (χ0n) is 7.03. The highest BCUT2D eigenvalue weighted by Gasteiger charge is 2.10. The average molecular weight is 195 g/mol. The molecule has 5 heteroatoms. The summed E-state index contributed by atoms with van der Waals surface area (Å²) in [6, 6.07) is 3.48. The zero-order chi connectivity index (χ0) is 9.59. The molecule has 2 aromatic heterocycles. The van der Waals surface area contributed by atoms with Crippen LogP contribution in [-0.4, -0.2) is 15.5 Å². The molecule has 0 spiro atoms. The van der Waals surface area contributed by atoms with E-state index < -0.39 is 0 Å². The maximum atomic E-state index is 9.22. The minimum absolute atomic E-state index is 0.0467. The zero-order valence-corrected chi connectivity index (χ0v) is 7.85. The maximum Gasteiger partial charge on any atom is 0.173 e. The first kappa shape index (κ1) is 8.12. The molecule has 0 aromatic carbocycles. The van der Waals surface area contributed by atoms with Gasteiger partial charge in [-0.1, -0.05) is 11.3 Å². The van der Waals surface area contributed by atoms with Crippen molar-refractivity contribution >= 4 is 27.4 Å². The third-order valence-corrected chi connectivity index (χ3v) is 2.87. The molecule has 4 N–H and O–H groups in total. The Hall–Kier alpha value is -1.49. The number of nitrogens with zero attached hydrogens (tertiary/aromatic N) is 1. The Labute approximate surface area is 78.7 Å². The van der Waals surface area contributed by atoms with Crippen LogP contribution in [0.3, 0.4) is 0 Å². The van der Waals surface area contributed by atoms with E-state index in [4.69, 9.17) is 11.1 Å². The number of nitrogen functional groups attached to an aromatic ring is 1. The standard InChI is InChI=1S/C8H9N3OS/c1-11-4-3-7(12)13-6(4)2-5(11)8(9)10/h2-3,12H,1H3,(H3,9,10). The summed E-state index contributed by atoms with van der Waals surface area (Å²) in [7, 11) is 1.82. The number of hydrogen-bond acceptors (Lipinski definition) is 3. The van der Waals surface area contributed by atoms with E-state index in [-0.39, 0.29) is 10.9 Å². The van der Waals surface area contributed by atoms with Crippen molar-refractivity contribution in [3.63, 3.8) is 0 Å². The van der Waals surface area contributed by atoms with E-state index in [9.17, 15) is 5.11 Å². The smallest absolute Gasteiger partial charge is 0.173 e. The van der Waals surface area contributed by atoms with Crippen molar-refractivity contribution in [1.82, 2.24) is 4.57 Å². The molecule has 0 unspecified atom stereocenters. The first-order valence-corrected chi connectivity index (χ1v) is 4.54. The number of nitrogens with one attached hydrogen (secondary N) is 1. The van der Waals surface area contributed by atoms with Crippen molar-refractivity contribution in [1.29, 1.82) is 5.41 Å². The topological polar surface area (TPSA) is 75.0 Å². The minimum atomic E-state index is 0.0467. The Kier molecular flexibility index (Phi) is 1.56. The molecule has 0 saturated carbocycles. The van der Waals surface area contributed by atoms with Crippen molar-refractivity contribution in [2.24, 2.45) is 12.8 Å². The van der Waals surface area contributed by atoms with E-state index in [1.165, 1.54) is 11.3 Å². The van der Waals surface area contributed by atoms with Crippen LogP contribution in [0.1, 0.15) is 5.69 Å². The van der Waals surface area contributed by atoms with Crippen LogP contribution in [0.25, 0.3) is 10.2 Å². The summed E-state index contributed by atoms with van der Waals surface area (Å²) in [5.74, 6) is 0.0467. The van der Waals surface area contributed by atoms with E-state index in [0.717, 1.165) is 10.2 Å². The lowest BCUT2D eigenvalue weighted by atomic mass is 10.4. The first-order valence-electron chi connectivity index (χ1n) is 3.72. The largest absolute Gasteiger partial charge is 0.499 e. The first-order chi connectivity index (χ1) is 6.09. The normalized spacial score (nSPS) is 10.8. The summed E-state index contributed by atoms with van der Waals surface area (Å²) in [6.45, 7) is 0. The molecule has 0 aliphatic rings. The van der Waals surface area contributed by atoms with Gasteiger partial charge in [0, 0.05) is 13.1 Å². The molecule has 2 heterocycles. The van der Waals surface area contributed by atoms with Crippen molar-refractivity contribution in [3.8, 4) is 5.06 Å². The predicted octanol–water partition coefficient (Wildman–Crippen LogP) is 1.23. The van der Waals surface area contributed by atoms with Gasteiger partial charge >= 0.3 is 0 Å². The molecule has 4 nitrogen and oxygen atoms in total. The van der Waals surface area contributed by atoms with Crippen molar-refractivity contribution in [3.05, 3.63) is 17.8 Å². The summed E-state index contributed by atoms with van der Waals surface area (Å²) in [6.07, 6.45) is 0. The lowest BCUT2D eigenvalue weighted by Crippen LogP contribution is -2.14. The maximum absolute atomic E-state index is 9.22. The summed E-state index contributed by atoms with van der Waals surface area (Å²) in [4.78, 5) is 0. The number of fused-ring (bicyclic) bond motifs is 1.